The number of aromatic amines is 1. The third kappa shape index (κ3) is 2.31. The van der Waals surface area contributed by atoms with Crippen LogP contribution in [0.15, 0.2) is 29.0 Å². The van der Waals surface area contributed by atoms with Crippen LogP contribution >= 0.6 is 28.1 Å². The molecule has 1 N–H and O–H groups in total. The fourth-order valence-corrected chi connectivity index (χ4v) is 2.87. The fourth-order valence-electron chi connectivity index (χ4n) is 2.22. The number of halogens is 2. The van der Waals surface area contributed by atoms with E-state index in [1.807, 2.05) is 22.4 Å². The Bertz CT molecular complexity index is 833. The first-order chi connectivity index (χ1) is 9.56. The molecule has 0 saturated heterocycles. The molecule has 3 aromatic rings. The number of aryl methyl sites for hydroxylation is 3. The molecule has 0 atom stereocenters. The number of fused-ring (bicyclic) bond motifs is 1. The van der Waals surface area contributed by atoms with Gasteiger partial charge in [-0.2, -0.15) is 0 Å². The van der Waals surface area contributed by atoms with Crippen LogP contribution in [0, 0.1) is 10.6 Å². The number of nitrogens with one attached hydrogen (secondary N) is 1. The number of H-pyrrole nitrogens is 1. The molecule has 0 bridgehead atoms. The van der Waals surface area contributed by atoms with Gasteiger partial charge in [-0.25, -0.2) is 9.37 Å². The van der Waals surface area contributed by atoms with Gasteiger partial charge in [0.25, 0.3) is 0 Å². The molecule has 7 heteroatoms. The summed E-state index contributed by atoms with van der Waals surface area (Å²) in [5.74, 6) is 0.677. The number of hydrogen-bond acceptors (Lipinski definition) is 2. The van der Waals surface area contributed by atoms with Gasteiger partial charge >= 0.3 is 0 Å². The molecular formula is C13H12BrFN4S. The predicted molar refractivity (Wildman–Crippen MR) is 81.7 cm³/mol. The third-order valence-electron chi connectivity index (χ3n) is 3.30. The lowest BCUT2D eigenvalue weighted by Gasteiger charge is -2.05. The summed E-state index contributed by atoms with van der Waals surface area (Å²) in [6, 6.07) is 3.20. The minimum absolute atomic E-state index is 0.294. The van der Waals surface area contributed by atoms with Crippen molar-refractivity contribution in [1.82, 2.24) is 19.1 Å². The summed E-state index contributed by atoms with van der Waals surface area (Å²) >= 11 is 8.49. The summed E-state index contributed by atoms with van der Waals surface area (Å²) in [6.45, 7) is 0.657. The molecule has 0 aliphatic rings. The van der Waals surface area contributed by atoms with Gasteiger partial charge in [-0.15, -0.1) is 0 Å². The Labute approximate surface area is 128 Å². The van der Waals surface area contributed by atoms with E-state index in [9.17, 15) is 4.39 Å². The van der Waals surface area contributed by atoms with Crippen molar-refractivity contribution in [3.05, 3.63) is 45.4 Å². The number of rotatable bonds is 3. The summed E-state index contributed by atoms with van der Waals surface area (Å²) in [7, 11) is 1.95. The van der Waals surface area contributed by atoms with Crippen molar-refractivity contribution in [2.24, 2.45) is 7.05 Å². The topological polar surface area (TPSA) is 38.5 Å². The average molecular weight is 355 g/mol. The Morgan fingerprint density at radius 3 is 2.95 bits per heavy atom. The van der Waals surface area contributed by atoms with E-state index in [0.717, 1.165) is 23.3 Å². The Morgan fingerprint density at radius 2 is 2.25 bits per heavy atom. The molecule has 3 rings (SSSR count). The zero-order valence-electron chi connectivity index (χ0n) is 10.7. The number of hydrogen-bond donors (Lipinski definition) is 1. The number of benzene rings is 1. The largest absolute Gasteiger partial charge is 0.338 e. The standard InChI is InChI=1S/C13H12BrFN4S/c1-18-5-3-16-12(18)2-4-19-11-7-9(15)8(14)6-10(11)17-13(19)20/h3,5-7H,2,4H2,1H3,(H,17,20). The number of imidazole rings is 2. The highest BCUT2D eigenvalue weighted by molar-refractivity contribution is 9.10. The van der Waals surface area contributed by atoms with Crippen molar-refractivity contribution in [2.75, 3.05) is 0 Å². The van der Waals surface area contributed by atoms with Crippen molar-refractivity contribution < 1.29 is 4.39 Å². The van der Waals surface area contributed by atoms with Crippen LogP contribution in [0.2, 0.25) is 0 Å². The first-order valence-electron chi connectivity index (χ1n) is 6.10. The molecule has 20 heavy (non-hydrogen) atoms. The lowest BCUT2D eigenvalue weighted by molar-refractivity contribution is 0.619. The second-order valence-electron chi connectivity index (χ2n) is 4.57. The van der Waals surface area contributed by atoms with Crippen molar-refractivity contribution in [3.63, 3.8) is 0 Å². The van der Waals surface area contributed by atoms with E-state index in [1.54, 1.807) is 12.3 Å². The highest BCUT2D eigenvalue weighted by Gasteiger charge is 2.09. The molecular weight excluding hydrogens is 343 g/mol. The molecule has 2 heterocycles. The molecule has 0 unspecified atom stereocenters. The summed E-state index contributed by atoms with van der Waals surface area (Å²) in [6.07, 6.45) is 4.41. The molecule has 0 saturated carbocycles. The van der Waals surface area contributed by atoms with Crippen LogP contribution in [0.3, 0.4) is 0 Å². The van der Waals surface area contributed by atoms with Gasteiger partial charge in [0.05, 0.1) is 15.5 Å². The maximum Gasteiger partial charge on any atom is 0.178 e. The molecule has 0 amide bonds. The minimum atomic E-state index is -0.294. The van der Waals surface area contributed by atoms with E-state index in [-0.39, 0.29) is 5.82 Å². The van der Waals surface area contributed by atoms with Gasteiger partial charge in [-0.05, 0) is 34.2 Å². The van der Waals surface area contributed by atoms with Crippen LogP contribution in [0.4, 0.5) is 4.39 Å². The lowest BCUT2D eigenvalue weighted by atomic mass is 10.3. The third-order valence-corrected chi connectivity index (χ3v) is 4.23. The van der Waals surface area contributed by atoms with Gasteiger partial charge in [0.2, 0.25) is 0 Å². The highest BCUT2D eigenvalue weighted by Crippen LogP contribution is 2.23. The monoisotopic (exact) mass is 354 g/mol. The van der Waals surface area contributed by atoms with Crippen molar-refractivity contribution in [2.45, 2.75) is 13.0 Å². The van der Waals surface area contributed by atoms with E-state index in [2.05, 4.69) is 25.9 Å². The molecule has 4 nitrogen and oxygen atoms in total. The second kappa shape index (κ2) is 5.14. The van der Waals surface area contributed by atoms with Gasteiger partial charge in [0.15, 0.2) is 4.77 Å². The number of aromatic nitrogens is 4. The molecule has 2 aromatic heterocycles. The van der Waals surface area contributed by atoms with Crippen LogP contribution in [0.25, 0.3) is 11.0 Å². The van der Waals surface area contributed by atoms with E-state index >= 15 is 0 Å². The summed E-state index contributed by atoms with van der Waals surface area (Å²) in [5, 5.41) is 0. The Morgan fingerprint density at radius 1 is 1.45 bits per heavy atom. The summed E-state index contributed by atoms with van der Waals surface area (Å²) < 4.78 is 18.6. The molecule has 0 aliphatic carbocycles. The Kier molecular flexibility index (Phi) is 3.47. The van der Waals surface area contributed by atoms with Crippen molar-refractivity contribution in [1.29, 1.82) is 0 Å². The van der Waals surface area contributed by atoms with Crippen LogP contribution in [-0.4, -0.2) is 19.1 Å². The molecule has 0 spiro atoms. The fraction of sp³-hybridized carbons (Fsp3) is 0.231. The zero-order valence-corrected chi connectivity index (χ0v) is 13.1. The zero-order chi connectivity index (χ0) is 14.3. The quantitative estimate of drug-likeness (QED) is 0.730. The first-order valence-corrected chi connectivity index (χ1v) is 7.30. The van der Waals surface area contributed by atoms with Crippen LogP contribution in [-0.2, 0) is 20.0 Å². The Hall–Kier alpha value is -1.47. The minimum Gasteiger partial charge on any atom is -0.338 e. The van der Waals surface area contributed by atoms with Crippen LogP contribution in [0.1, 0.15) is 5.82 Å². The van der Waals surface area contributed by atoms with Gasteiger partial charge in [-0.3, -0.25) is 0 Å². The molecule has 104 valence electrons. The van der Waals surface area contributed by atoms with Gasteiger partial charge < -0.3 is 14.1 Å². The maximum atomic E-state index is 13.7. The second-order valence-corrected chi connectivity index (χ2v) is 5.81. The summed E-state index contributed by atoms with van der Waals surface area (Å²) in [4.78, 5) is 7.37. The first kappa shape index (κ1) is 13.5. The van der Waals surface area contributed by atoms with Gasteiger partial charge in [-0.1, -0.05) is 0 Å². The van der Waals surface area contributed by atoms with Crippen LogP contribution < -0.4 is 0 Å². The lowest BCUT2D eigenvalue weighted by Crippen LogP contribution is -2.05. The number of nitrogens with zero attached hydrogens (tertiary/aromatic N) is 3. The molecule has 0 fully saturated rings. The molecule has 0 aliphatic heterocycles. The van der Waals surface area contributed by atoms with E-state index in [4.69, 9.17) is 12.2 Å². The van der Waals surface area contributed by atoms with Crippen LogP contribution in [0.5, 0.6) is 0 Å². The van der Waals surface area contributed by atoms with Gasteiger partial charge in [0, 0.05) is 38.5 Å². The SMILES string of the molecule is Cn1ccnc1CCn1c(=S)[nH]c2cc(Br)c(F)cc21. The predicted octanol–water partition coefficient (Wildman–Crippen LogP) is 3.58. The van der Waals surface area contributed by atoms with E-state index in [0.29, 0.717) is 15.8 Å². The Balaban J connectivity index is 1.99. The highest BCUT2D eigenvalue weighted by atomic mass is 79.9. The normalized spacial score (nSPS) is 11.3. The molecule has 0 radical (unpaired) electrons. The van der Waals surface area contributed by atoms with Crippen molar-refractivity contribution in [3.8, 4) is 0 Å². The van der Waals surface area contributed by atoms with E-state index < -0.39 is 0 Å². The summed E-state index contributed by atoms with van der Waals surface area (Å²) in [5.41, 5.74) is 1.59. The average Bonchev–Trinajstić information content (AvgIpc) is 2.92. The molecule has 1 aromatic carbocycles. The maximum absolute atomic E-state index is 13.7. The van der Waals surface area contributed by atoms with Crippen molar-refractivity contribution >= 4 is 39.2 Å². The van der Waals surface area contributed by atoms with Gasteiger partial charge in [0.1, 0.15) is 11.6 Å². The smallest absolute Gasteiger partial charge is 0.178 e. The van der Waals surface area contributed by atoms with E-state index in [1.165, 1.54) is 6.07 Å².